The van der Waals surface area contributed by atoms with Gasteiger partial charge in [-0.3, -0.25) is 0 Å². The molecule has 1 aromatic carbocycles. The fraction of sp³-hybridized carbons (Fsp3) is 0.250. The molecule has 11 heavy (non-hydrogen) atoms. The zero-order valence-corrected chi connectivity index (χ0v) is 9.71. The molecular formula is C8H10IOSi. The number of rotatable bonds is 1. The minimum Gasteiger partial charge on any atom is -0.508 e. The maximum Gasteiger partial charge on any atom is 0.116 e. The van der Waals surface area contributed by atoms with E-state index in [4.69, 9.17) is 5.11 Å². The van der Waals surface area contributed by atoms with Crippen molar-refractivity contribution >= 4 is 36.6 Å². The highest BCUT2D eigenvalue weighted by Crippen LogP contribution is 2.11. The molecule has 1 radical (unpaired) electrons. The number of halogens is 1. The molecule has 0 saturated carbocycles. The summed E-state index contributed by atoms with van der Waals surface area (Å²) in [4.78, 5) is 0. The number of hydrogen-bond donors (Lipinski definition) is 1. The molecule has 0 spiro atoms. The van der Waals surface area contributed by atoms with Crippen LogP contribution in [-0.2, 0) is 0 Å². The Morgan fingerprint density at radius 3 is 2.45 bits per heavy atom. The highest BCUT2D eigenvalue weighted by Gasteiger charge is 2.05. The highest BCUT2D eigenvalue weighted by atomic mass is 127. The van der Waals surface area contributed by atoms with Crippen LogP contribution in [-0.4, -0.2) is 13.9 Å². The second-order valence-corrected chi connectivity index (χ2v) is 6.37. The predicted molar refractivity (Wildman–Crippen MR) is 57.9 cm³/mol. The first-order valence-electron chi connectivity index (χ1n) is 3.40. The third-order valence-electron chi connectivity index (χ3n) is 1.49. The fourth-order valence-electron chi connectivity index (χ4n) is 0.910. The van der Waals surface area contributed by atoms with Gasteiger partial charge in [-0.25, -0.2) is 0 Å². The van der Waals surface area contributed by atoms with E-state index in [9.17, 15) is 0 Å². The van der Waals surface area contributed by atoms with Gasteiger partial charge in [-0.05, 0) is 39.9 Å². The number of benzene rings is 1. The van der Waals surface area contributed by atoms with E-state index in [-0.39, 0.29) is 8.80 Å². The van der Waals surface area contributed by atoms with Gasteiger partial charge >= 0.3 is 0 Å². The molecule has 1 aromatic rings. The molecule has 0 aliphatic rings. The van der Waals surface area contributed by atoms with Crippen LogP contribution in [0.25, 0.3) is 0 Å². The normalized spacial score (nSPS) is 10.5. The molecule has 1 N–H and O–H groups in total. The second-order valence-electron chi connectivity index (χ2n) is 2.66. The van der Waals surface area contributed by atoms with Crippen molar-refractivity contribution in [2.45, 2.75) is 13.1 Å². The van der Waals surface area contributed by atoms with Gasteiger partial charge in [0.1, 0.15) is 5.75 Å². The Morgan fingerprint density at radius 1 is 1.36 bits per heavy atom. The Bertz CT molecular complexity index is 260. The summed E-state index contributed by atoms with van der Waals surface area (Å²) in [5.74, 6) is 0.362. The molecule has 59 valence electrons. The second kappa shape index (κ2) is 3.58. The molecule has 0 aliphatic heterocycles. The molecule has 3 heteroatoms. The standard InChI is InChI=1S/C8H10IOSi/c1-11(2)8-4-3-6(10)5-7(8)9/h3-5,10H,1-2H3. The monoisotopic (exact) mass is 277 g/mol. The molecule has 0 amide bonds. The average Bonchev–Trinajstić information content (AvgIpc) is 1.85. The van der Waals surface area contributed by atoms with Crippen molar-refractivity contribution in [1.82, 2.24) is 0 Å². The van der Waals surface area contributed by atoms with Crippen molar-refractivity contribution in [3.05, 3.63) is 21.8 Å². The van der Waals surface area contributed by atoms with Crippen molar-refractivity contribution in [2.75, 3.05) is 0 Å². The van der Waals surface area contributed by atoms with E-state index in [2.05, 4.69) is 35.7 Å². The number of hydrogen-bond acceptors (Lipinski definition) is 1. The van der Waals surface area contributed by atoms with Crippen LogP contribution in [0.5, 0.6) is 5.75 Å². The summed E-state index contributed by atoms with van der Waals surface area (Å²) in [6.07, 6.45) is 0. The molecular weight excluding hydrogens is 267 g/mol. The summed E-state index contributed by atoms with van der Waals surface area (Å²) in [5, 5.41) is 10.5. The van der Waals surface area contributed by atoms with E-state index in [1.807, 2.05) is 12.1 Å². The van der Waals surface area contributed by atoms with E-state index in [1.54, 1.807) is 6.07 Å². The summed E-state index contributed by atoms with van der Waals surface area (Å²) in [6.45, 7) is 4.50. The van der Waals surface area contributed by atoms with E-state index in [0.29, 0.717) is 5.75 Å². The largest absolute Gasteiger partial charge is 0.508 e. The first-order valence-corrected chi connectivity index (χ1v) is 6.98. The molecule has 1 nitrogen and oxygen atoms in total. The third kappa shape index (κ3) is 2.20. The minimum atomic E-state index is -0.377. The van der Waals surface area contributed by atoms with Gasteiger partial charge in [0.15, 0.2) is 0 Å². The van der Waals surface area contributed by atoms with Crippen molar-refractivity contribution in [3.8, 4) is 5.75 Å². The molecule has 0 fully saturated rings. The maximum absolute atomic E-state index is 9.13. The molecule has 0 aliphatic carbocycles. The molecule has 0 bridgehead atoms. The Labute approximate surface area is 82.2 Å². The SMILES string of the molecule is C[Si](C)c1ccc(O)cc1I. The molecule has 0 saturated heterocycles. The van der Waals surface area contributed by atoms with Crippen molar-refractivity contribution in [1.29, 1.82) is 0 Å². The van der Waals surface area contributed by atoms with Crippen LogP contribution in [0.3, 0.4) is 0 Å². The topological polar surface area (TPSA) is 20.2 Å². The van der Waals surface area contributed by atoms with E-state index >= 15 is 0 Å². The van der Waals surface area contributed by atoms with Gasteiger partial charge in [-0.2, -0.15) is 0 Å². The molecule has 0 atom stereocenters. The van der Waals surface area contributed by atoms with Crippen LogP contribution < -0.4 is 5.19 Å². The van der Waals surface area contributed by atoms with E-state index < -0.39 is 0 Å². The predicted octanol–water partition coefficient (Wildman–Crippen LogP) is 1.96. The third-order valence-corrected chi connectivity index (χ3v) is 4.41. The summed E-state index contributed by atoms with van der Waals surface area (Å²) < 4.78 is 1.18. The van der Waals surface area contributed by atoms with Gasteiger partial charge in [-0.15, -0.1) is 0 Å². The first kappa shape index (κ1) is 9.06. The number of phenolic OH excluding ortho intramolecular Hbond substituents is 1. The Balaban J connectivity index is 3.09. The highest BCUT2D eigenvalue weighted by molar-refractivity contribution is 14.1. The summed E-state index contributed by atoms with van der Waals surface area (Å²) in [6, 6.07) is 5.59. The molecule has 0 unspecified atom stereocenters. The van der Waals surface area contributed by atoms with E-state index in [1.165, 1.54) is 8.76 Å². The number of aromatic hydroxyl groups is 1. The Kier molecular flexibility index (Phi) is 2.95. The lowest BCUT2D eigenvalue weighted by atomic mass is 10.3. The van der Waals surface area contributed by atoms with Crippen LogP contribution in [0.1, 0.15) is 0 Å². The van der Waals surface area contributed by atoms with E-state index in [0.717, 1.165) is 0 Å². The zero-order chi connectivity index (χ0) is 8.43. The van der Waals surface area contributed by atoms with Crippen molar-refractivity contribution in [2.24, 2.45) is 0 Å². The Morgan fingerprint density at radius 2 is 2.00 bits per heavy atom. The van der Waals surface area contributed by atoms with Gasteiger partial charge in [-0.1, -0.05) is 19.2 Å². The van der Waals surface area contributed by atoms with Gasteiger partial charge in [0, 0.05) is 3.57 Å². The van der Waals surface area contributed by atoms with Gasteiger partial charge in [0.25, 0.3) is 0 Å². The van der Waals surface area contributed by atoms with Gasteiger partial charge in [0.2, 0.25) is 0 Å². The van der Waals surface area contributed by atoms with Gasteiger partial charge in [0.05, 0.1) is 8.80 Å². The summed E-state index contributed by atoms with van der Waals surface area (Å²) in [5.41, 5.74) is 0. The summed E-state index contributed by atoms with van der Waals surface area (Å²) >= 11 is 2.27. The lowest BCUT2D eigenvalue weighted by Gasteiger charge is -2.05. The minimum absolute atomic E-state index is 0.362. The van der Waals surface area contributed by atoms with Crippen LogP contribution in [0.15, 0.2) is 18.2 Å². The lowest BCUT2D eigenvalue weighted by Crippen LogP contribution is -2.25. The fourth-order valence-corrected chi connectivity index (χ4v) is 3.99. The summed E-state index contributed by atoms with van der Waals surface area (Å²) in [7, 11) is -0.377. The van der Waals surface area contributed by atoms with Crippen LogP contribution >= 0.6 is 22.6 Å². The maximum atomic E-state index is 9.13. The van der Waals surface area contributed by atoms with Crippen LogP contribution in [0, 0.1) is 3.57 Å². The average molecular weight is 277 g/mol. The molecule has 1 rings (SSSR count). The van der Waals surface area contributed by atoms with Crippen LogP contribution in [0.2, 0.25) is 13.1 Å². The van der Waals surface area contributed by atoms with Crippen molar-refractivity contribution in [3.63, 3.8) is 0 Å². The van der Waals surface area contributed by atoms with Crippen LogP contribution in [0.4, 0.5) is 0 Å². The first-order chi connectivity index (χ1) is 5.11. The quantitative estimate of drug-likeness (QED) is 0.614. The zero-order valence-electron chi connectivity index (χ0n) is 6.56. The van der Waals surface area contributed by atoms with Crippen molar-refractivity contribution < 1.29 is 5.11 Å². The Hall–Kier alpha value is -0.0331. The molecule has 0 aromatic heterocycles. The number of phenols is 1. The smallest absolute Gasteiger partial charge is 0.116 e. The lowest BCUT2D eigenvalue weighted by molar-refractivity contribution is 0.475. The molecule has 0 heterocycles. The van der Waals surface area contributed by atoms with Gasteiger partial charge < -0.3 is 5.11 Å².